The number of carbonyl (C=O) groups is 1. The topological polar surface area (TPSA) is 57.5 Å². The zero-order chi connectivity index (χ0) is 10.8. The molecular weight excluding hydrogens is 192 g/mol. The molecule has 1 saturated carbocycles. The van der Waals surface area contributed by atoms with Crippen LogP contribution >= 0.6 is 0 Å². The van der Waals surface area contributed by atoms with Crippen LogP contribution in [0.15, 0.2) is 18.2 Å². The molecule has 1 aromatic rings. The summed E-state index contributed by atoms with van der Waals surface area (Å²) in [4.78, 5) is 10.8. The molecular formula is C12H14O3. The second-order valence-electron chi connectivity index (χ2n) is 4.06. The van der Waals surface area contributed by atoms with Gasteiger partial charge in [0, 0.05) is 0 Å². The maximum atomic E-state index is 10.8. The van der Waals surface area contributed by atoms with Gasteiger partial charge in [-0.05, 0) is 42.5 Å². The minimum atomic E-state index is -0.936. The van der Waals surface area contributed by atoms with Gasteiger partial charge >= 0.3 is 5.97 Å². The highest BCUT2D eigenvalue weighted by Gasteiger charge is 2.21. The summed E-state index contributed by atoms with van der Waals surface area (Å²) < 4.78 is 0. The van der Waals surface area contributed by atoms with Crippen molar-refractivity contribution in [3.8, 4) is 5.75 Å². The molecule has 0 amide bonds. The summed E-state index contributed by atoms with van der Waals surface area (Å²) in [5.74, 6) is -0.370. The molecule has 0 heterocycles. The first-order valence-electron chi connectivity index (χ1n) is 5.24. The smallest absolute Gasteiger partial charge is 0.335 e. The van der Waals surface area contributed by atoms with Crippen LogP contribution in [0, 0.1) is 0 Å². The van der Waals surface area contributed by atoms with Crippen LogP contribution in [0.1, 0.15) is 47.5 Å². The van der Waals surface area contributed by atoms with Gasteiger partial charge in [0.15, 0.2) is 0 Å². The molecule has 1 fully saturated rings. The summed E-state index contributed by atoms with van der Waals surface area (Å²) in [7, 11) is 0. The molecule has 1 aromatic carbocycles. The monoisotopic (exact) mass is 206 g/mol. The van der Waals surface area contributed by atoms with Gasteiger partial charge in [-0.2, -0.15) is 0 Å². The van der Waals surface area contributed by atoms with Crippen molar-refractivity contribution in [3.63, 3.8) is 0 Å². The number of aromatic carboxylic acids is 1. The molecule has 0 atom stereocenters. The van der Waals surface area contributed by atoms with Crippen molar-refractivity contribution in [1.82, 2.24) is 0 Å². The molecule has 0 spiro atoms. The normalized spacial score (nSPS) is 16.8. The number of rotatable bonds is 2. The van der Waals surface area contributed by atoms with E-state index in [2.05, 4.69) is 0 Å². The number of carboxylic acid groups (broad SMARTS) is 1. The number of benzene rings is 1. The molecule has 80 valence electrons. The van der Waals surface area contributed by atoms with Crippen LogP contribution in [0.25, 0.3) is 0 Å². The Balaban J connectivity index is 2.35. The van der Waals surface area contributed by atoms with Crippen molar-refractivity contribution >= 4 is 5.97 Å². The molecule has 0 aromatic heterocycles. The number of hydrogen-bond donors (Lipinski definition) is 2. The second-order valence-corrected chi connectivity index (χ2v) is 4.06. The third-order valence-electron chi connectivity index (χ3n) is 3.07. The number of carboxylic acids is 1. The maximum absolute atomic E-state index is 10.8. The minimum absolute atomic E-state index is 0.229. The number of phenolic OH excluding ortho intramolecular Hbond substituents is 1. The second kappa shape index (κ2) is 3.93. The lowest BCUT2D eigenvalue weighted by Crippen LogP contribution is -2.00. The highest BCUT2D eigenvalue weighted by molar-refractivity contribution is 5.88. The molecule has 3 heteroatoms. The molecule has 15 heavy (non-hydrogen) atoms. The maximum Gasteiger partial charge on any atom is 0.335 e. The Bertz CT molecular complexity index is 378. The highest BCUT2D eigenvalue weighted by Crippen LogP contribution is 2.38. The first-order valence-corrected chi connectivity index (χ1v) is 5.24. The van der Waals surface area contributed by atoms with Crippen molar-refractivity contribution in [3.05, 3.63) is 29.3 Å². The highest BCUT2D eigenvalue weighted by atomic mass is 16.4. The Morgan fingerprint density at radius 2 is 1.93 bits per heavy atom. The zero-order valence-electron chi connectivity index (χ0n) is 8.44. The fourth-order valence-corrected chi connectivity index (χ4v) is 2.25. The first kappa shape index (κ1) is 10.0. The Kier molecular flexibility index (Phi) is 2.62. The summed E-state index contributed by atoms with van der Waals surface area (Å²) in [5.41, 5.74) is 1.06. The van der Waals surface area contributed by atoms with E-state index in [9.17, 15) is 9.90 Å². The Labute approximate surface area is 88.4 Å². The molecule has 0 saturated heterocycles. The molecule has 1 aliphatic rings. The molecule has 2 N–H and O–H groups in total. The SMILES string of the molecule is O=C(O)c1ccc(O)c(C2CCCC2)c1. The van der Waals surface area contributed by atoms with Crippen molar-refractivity contribution in [2.24, 2.45) is 0 Å². The Morgan fingerprint density at radius 1 is 1.27 bits per heavy atom. The van der Waals surface area contributed by atoms with Gasteiger partial charge < -0.3 is 10.2 Å². The van der Waals surface area contributed by atoms with Crippen molar-refractivity contribution in [2.45, 2.75) is 31.6 Å². The van der Waals surface area contributed by atoms with E-state index in [0.29, 0.717) is 5.92 Å². The van der Waals surface area contributed by atoms with E-state index in [-0.39, 0.29) is 11.3 Å². The lowest BCUT2D eigenvalue weighted by atomic mass is 9.95. The first-order chi connectivity index (χ1) is 7.18. The van der Waals surface area contributed by atoms with Crippen LogP contribution in [-0.2, 0) is 0 Å². The average Bonchev–Trinajstić information content (AvgIpc) is 2.71. The minimum Gasteiger partial charge on any atom is -0.508 e. The summed E-state index contributed by atoms with van der Waals surface area (Å²) in [5, 5.41) is 18.5. The van der Waals surface area contributed by atoms with Gasteiger partial charge in [-0.3, -0.25) is 0 Å². The summed E-state index contributed by atoms with van der Waals surface area (Å²) in [6, 6.07) is 4.53. The van der Waals surface area contributed by atoms with Crippen LogP contribution in [0.2, 0.25) is 0 Å². The van der Waals surface area contributed by atoms with Gasteiger partial charge in [0.1, 0.15) is 5.75 Å². The van der Waals surface area contributed by atoms with E-state index in [1.807, 2.05) is 0 Å². The predicted octanol–water partition coefficient (Wildman–Crippen LogP) is 2.75. The van der Waals surface area contributed by atoms with Gasteiger partial charge in [0.2, 0.25) is 0 Å². The van der Waals surface area contributed by atoms with Gasteiger partial charge in [-0.15, -0.1) is 0 Å². The predicted molar refractivity (Wildman–Crippen MR) is 56.3 cm³/mol. The largest absolute Gasteiger partial charge is 0.508 e. The molecule has 0 bridgehead atoms. The molecule has 3 nitrogen and oxygen atoms in total. The van der Waals surface area contributed by atoms with Gasteiger partial charge in [0.05, 0.1) is 5.56 Å². The number of phenols is 1. The van der Waals surface area contributed by atoms with Crippen LogP contribution in [0.3, 0.4) is 0 Å². The molecule has 2 rings (SSSR count). The Hall–Kier alpha value is -1.51. The van der Waals surface area contributed by atoms with E-state index >= 15 is 0 Å². The summed E-state index contributed by atoms with van der Waals surface area (Å²) >= 11 is 0. The lowest BCUT2D eigenvalue weighted by Gasteiger charge is -2.12. The fraction of sp³-hybridized carbons (Fsp3) is 0.417. The van der Waals surface area contributed by atoms with E-state index in [1.54, 1.807) is 6.07 Å². The summed E-state index contributed by atoms with van der Waals surface area (Å²) in [6.07, 6.45) is 4.44. The van der Waals surface area contributed by atoms with E-state index in [0.717, 1.165) is 18.4 Å². The van der Waals surface area contributed by atoms with Crippen LogP contribution < -0.4 is 0 Å². The number of aromatic hydroxyl groups is 1. The third-order valence-corrected chi connectivity index (χ3v) is 3.07. The fourth-order valence-electron chi connectivity index (χ4n) is 2.25. The van der Waals surface area contributed by atoms with Crippen LogP contribution in [0.4, 0.5) is 0 Å². The van der Waals surface area contributed by atoms with E-state index in [4.69, 9.17) is 5.11 Å². The van der Waals surface area contributed by atoms with Crippen LogP contribution in [-0.4, -0.2) is 16.2 Å². The van der Waals surface area contributed by atoms with E-state index < -0.39 is 5.97 Å². The summed E-state index contributed by atoms with van der Waals surface area (Å²) in [6.45, 7) is 0. The average molecular weight is 206 g/mol. The Morgan fingerprint density at radius 3 is 2.53 bits per heavy atom. The molecule has 0 unspecified atom stereocenters. The molecule has 1 aliphatic carbocycles. The quantitative estimate of drug-likeness (QED) is 0.782. The van der Waals surface area contributed by atoms with Crippen molar-refractivity contribution < 1.29 is 15.0 Å². The zero-order valence-corrected chi connectivity index (χ0v) is 8.44. The van der Waals surface area contributed by atoms with Crippen molar-refractivity contribution in [1.29, 1.82) is 0 Å². The van der Waals surface area contributed by atoms with Gasteiger partial charge in [-0.25, -0.2) is 4.79 Å². The third kappa shape index (κ3) is 1.96. The van der Waals surface area contributed by atoms with Crippen LogP contribution in [0.5, 0.6) is 5.75 Å². The van der Waals surface area contributed by atoms with Gasteiger partial charge in [0.25, 0.3) is 0 Å². The van der Waals surface area contributed by atoms with E-state index in [1.165, 1.54) is 25.0 Å². The number of hydrogen-bond acceptors (Lipinski definition) is 2. The molecule has 0 aliphatic heterocycles. The molecule has 0 radical (unpaired) electrons. The standard InChI is InChI=1S/C12H14O3/c13-11-6-5-9(12(14)15)7-10(11)8-3-1-2-4-8/h5-8,13H,1-4H2,(H,14,15). The van der Waals surface area contributed by atoms with Crippen molar-refractivity contribution in [2.75, 3.05) is 0 Å². The van der Waals surface area contributed by atoms with Gasteiger partial charge in [-0.1, -0.05) is 12.8 Å². The lowest BCUT2D eigenvalue weighted by molar-refractivity contribution is 0.0696.